The van der Waals surface area contributed by atoms with Gasteiger partial charge in [-0.1, -0.05) is 18.2 Å². The summed E-state index contributed by atoms with van der Waals surface area (Å²) in [6.07, 6.45) is 0. The Morgan fingerprint density at radius 3 is 2.53 bits per heavy atom. The lowest BCUT2D eigenvalue weighted by molar-refractivity contribution is 0.160. The fourth-order valence-corrected chi connectivity index (χ4v) is 1.59. The van der Waals surface area contributed by atoms with E-state index >= 15 is 0 Å². The lowest BCUT2D eigenvalue weighted by Gasteiger charge is -2.16. The summed E-state index contributed by atoms with van der Waals surface area (Å²) in [5, 5.41) is 8.70. The van der Waals surface area contributed by atoms with Gasteiger partial charge in [-0.15, -0.1) is 0 Å². The van der Waals surface area contributed by atoms with E-state index in [9.17, 15) is 0 Å². The Labute approximate surface area is 90.4 Å². The smallest absolute Gasteiger partial charge is 0.127 e. The van der Waals surface area contributed by atoms with E-state index in [0.717, 1.165) is 23.4 Å². The molecule has 4 nitrogen and oxygen atoms in total. The van der Waals surface area contributed by atoms with Crippen molar-refractivity contribution in [3.63, 3.8) is 0 Å². The second-order valence-electron chi connectivity index (χ2n) is 3.68. The molecule has 0 aromatic heterocycles. The predicted octanol–water partition coefficient (Wildman–Crippen LogP) is 1.24. The third-order valence-electron chi connectivity index (χ3n) is 2.14. The Bertz CT molecular complexity index is 313. The normalized spacial score (nSPS) is 10.7. The van der Waals surface area contributed by atoms with Crippen molar-refractivity contribution in [3.8, 4) is 5.75 Å². The number of methoxy groups -OCH3 is 1. The number of ether oxygens (including phenoxy) is 1. The molecule has 0 saturated heterocycles. The highest BCUT2D eigenvalue weighted by atomic mass is 16.5. The van der Waals surface area contributed by atoms with E-state index < -0.39 is 0 Å². The van der Waals surface area contributed by atoms with Crippen LogP contribution < -0.4 is 10.2 Å². The fraction of sp³-hybridized carbons (Fsp3) is 0.455. The standard InChI is InChI=1S/C11H18N2O2/c1-13(2)8-10-6-4-5-9(7-12-14)11(10)15-3/h4-6,12,14H,7-8H2,1-3H3. The highest BCUT2D eigenvalue weighted by Crippen LogP contribution is 2.24. The molecule has 1 rings (SSSR count). The average molecular weight is 210 g/mol. The van der Waals surface area contributed by atoms with E-state index in [-0.39, 0.29) is 0 Å². The number of hydroxylamine groups is 1. The van der Waals surface area contributed by atoms with E-state index in [4.69, 9.17) is 9.94 Å². The number of hydrogen-bond acceptors (Lipinski definition) is 4. The molecule has 0 heterocycles. The zero-order valence-corrected chi connectivity index (χ0v) is 9.45. The van der Waals surface area contributed by atoms with E-state index in [2.05, 4.69) is 10.4 Å². The highest BCUT2D eigenvalue weighted by Gasteiger charge is 2.08. The molecule has 0 atom stereocenters. The van der Waals surface area contributed by atoms with Crippen LogP contribution in [0.5, 0.6) is 5.75 Å². The molecule has 0 unspecified atom stereocenters. The lowest BCUT2D eigenvalue weighted by atomic mass is 10.1. The highest BCUT2D eigenvalue weighted by molar-refractivity contribution is 5.41. The molecule has 0 saturated carbocycles. The van der Waals surface area contributed by atoms with Gasteiger partial charge < -0.3 is 14.8 Å². The number of benzene rings is 1. The van der Waals surface area contributed by atoms with Crippen molar-refractivity contribution in [1.29, 1.82) is 0 Å². The molecular formula is C11H18N2O2. The molecule has 2 N–H and O–H groups in total. The first-order valence-electron chi connectivity index (χ1n) is 4.85. The van der Waals surface area contributed by atoms with Crippen LogP contribution in [0.2, 0.25) is 0 Å². The van der Waals surface area contributed by atoms with Gasteiger partial charge in [0.25, 0.3) is 0 Å². The van der Waals surface area contributed by atoms with Crippen molar-refractivity contribution in [1.82, 2.24) is 10.4 Å². The van der Waals surface area contributed by atoms with Gasteiger partial charge in [0, 0.05) is 24.2 Å². The van der Waals surface area contributed by atoms with Crippen LogP contribution in [0.4, 0.5) is 0 Å². The van der Waals surface area contributed by atoms with Gasteiger partial charge in [0.15, 0.2) is 0 Å². The molecule has 84 valence electrons. The molecule has 15 heavy (non-hydrogen) atoms. The van der Waals surface area contributed by atoms with Gasteiger partial charge >= 0.3 is 0 Å². The molecule has 4 heteroatoms. The van der Waals surface area contributed by atoms with Gasteiger partial charge in [-0.05, 0) is 14.1 Å². The summed E-state index contributed by atoms with van der Waals surface area (Å²) in [7, 11) is 5.67. The molecule has 0 aliphatic heterocycles. The Balaban J connectivity index is 2.98. The number of hydrogen-bond donors (Lipinski definition) is 2. The van der Waals surface area contributed by atoms with Crippen molar-refractivity contribution in [2.24, 2.45) is 0 Å². The van der Waals surface area contributed by atoms with E-state index in [1.54, 1.807) is 7.11 Å². The molecule has 0 spiro atoms. The quantitative estimate of drug-likeness (QED) is 0.718. The molecule has 0 radical (unpaired) electrons. The summed E-state index contributed by atoms with van der Waals surface area (Å²) in [6.45, 7) is 1.22. The van der Waals surface area contributed by atoms with Crippen molar-refractivity contribution >= 4 is 0 Å². The van der Waals surface area contributed by atoms with Crippen LogP contribution in [0, 0.1) is 0 Å². The van der Waals surface area contributed by atoms with Crippen molar-refractivity contribution in [3.05, 3.63) is 29.3 Å². The van der Waals surface area contributed by atoms with Crippen LogP contribution >= 0.6 is 0 Å². The number of nitrogens with zero attached hydrogens (tertiary/aromatic N) is 1. The Hall–Kier alpha value is -1.10. The van der Waals surface area contributed by atoms with Crippen LogP contribution in [0.3, 0.4) is 0 Å². The van der Waals surface area contributed by atoms with Crippen LogP contribution in [0.15, 0.2) is 18.2 Å². The van der Waals surface area contributed by atoms with Crippen molar-refractivity contribution in [2.75, 3.05) is 21.2 Å². The van der Waals surface area contributed by atoms with Crippen LogP contribution in [0.1, 0.15) is 11.1 Å². The van der Waals surface area contributed by atoms with Crippen LogP contribution in [0.25, 0.3) is 0 Å². The van der Waals surface area contributed by atoms with Gasteiger partial charge in [-0.3, -0.25) is 0 Å². The summed E-state index contributed by atoms with van der Waals surface area (Å²) in [5.74, 6) is 0.841. The predicted molar refractivity (Wildman–Crippen MR) is 59.0 cm³/mol. The minimum Gasteiger partial charge on any atom is -0.496 e. The molecule has 0 amide bonds. The SMILES string of the molecule is COc1c(CNO)cccc1CN(C)C. The topological polar surface area (TPSA) is 44.7 Å². The zero-order valence-electron chi connectivity index (χ0n) is 9.45. The minimum absolute atomic E-state index is 0.393. The summed E-state index contributed by atoms with van der Waals surface area (Å²) in [5.41, 5.74) is 4.22. The fourth-order valence-electron chi connectivity index (χ4n) is 1.59. The maximum atomic E-state index is 8.70. The van der Waals surface area contributed by atoms with Gasteiger partial charge in [-0.2, -0.15) is 0 Å². The minimum atomic E-state index is 0.393. The summed E-state index contributed by atoms with van der Waals surface area (Å²) in [6, 6.07) is 5.93. The van der Waals surface area contributed by atoms with Crippen molar-refractivity contribution in [2.45, 2.75) is 13.1 Å². The number of para-hydroxylation sites is 1. The lowest BCUT2D eigenvalue weighted by Crippen LogP contribution is -2.13. The average Bonchev–Trinajstić information content (AvgIpc) is 2.18. The second-order valence-corrected chi connectivity index (χ2v) is 3.68. The van der Waals surface area contributed by atoms with Gasteiger partial charge in [0.05, 0.1) is 7.11 Å². The maximum absolute atomic E-state index is 8.70. The first-order chi connectivity index (χ1) is 7.19. The van der Waals surface area contributed by atoms with E-state index in [0.29, 0.717) is 6.54 Å². The Kier molecular flexibility index (Phi) is 4.55. The summed E-state index contributed by atoms with van der Waals surface area (Å²) < 4.78 is 5.35. The number of nitrogens with one attached hydrogen (secondary N) is 1. The van der Waals surface area contributed by atoms with Gasteiger partial charge in [-0.25, -0.2) is 5.48 Å². The molecule has 0 aliphatic carbocycles. The first-order valence-corrected chi connectivity index (χ1v) is 4.85. The Morgan fingerprint density at radius 2 is 2.00 bits per heavy atom. The number of rotatable bonds is 5. The molecule has 1 aromatic carbocycles. The van der Waals surface area contributed by atoms with E-state index in [1.807, 2.05) is 32.3 Å². The molecule has 0 bridgehead atoms. The summed E-state index contributed by atoms with van der Waals surface area (Å²) >= 11 is 0. The molecule has 0 fully saturated rings. The first kappa shape index (κ1) is 12.0. The molecule has 1 aromatic rings. The summed E-state index contributed by atoms with van der Waals surface area (Å²) in [4.78, 5) is 2.08. The Morgan fingerprint density at radius 1 is 1.33 bits per heavy atom. The van der Waals surface area contributed by atoms with Gasteiger partial charge in [0.2, 0.25) is 0 Å². The third-order valence-corrected chi connectivity index (χ3v) is 2.14. The second kappa shape index (κ2) is 5.70. The van der Waals surface area contributed by atoms with Crippen molar-refractivity contribution < 1.29 is 9.94 Å². The molecular weight excluding hydrogens is 192 g/mol. The van der Waals surface area contributed by atoms with Crippen LogP contribution in [-0.4, -0.2) is 31.3 Å². The molecule has 0 aliphatic rings. The maximum Gasteiger partial charge on any atom is 0.127 e. The third kappa shape index (κ3) is 3.20. The van der Waals surface area contributed by atoms with Crippen LogP contribution in [-0.2, 0) is 13.1 Å². The van der Waals surface area contributed by atoms with E-state index in [1.165, 1.54) is 0 Å². The zero-order chi connectivity index (χ0) is 11.3. The van der Waals surface area contributed by atoms with Gasteiger partial charge in [0.1, 0.15) is 5.75 Å². The largest absolute Gasteiger partial charge is 0.496 e. The monoisotopic (exact) mass is 210 g/mol.